The van der Waals surface area contributed by atoms with Crippen LogP contribution in [0.1, 0.15) is 31.4 Å². The summed E-state index contributed by atoms with van der Waals surface area (Å²) in [5.74, 6) is 0.932. The van der Waals surface area contributed by atoms with Crippen LogP contribution in [0.2, 0.25) is 0 Å². The van der Waals surface area contributed by atoms with Crippen LogP contribution in [-0.4, -0.2) is 34.3 Å². The predicted octanol–water partition coefficient (Wildman–Crippen LogP) is 1.15. The number of nitrogens with two attached hydrogens (primary N) is 1. The van der Waals surface area contributed by atoms with E-state index in [1.807, 2.05) is 24.1 Å². The molecule has 1 aliphatic rings. The minimum absolute atomic E-state index is 0.0902. The van der Waals surface area contributed by atoms with Crippen molar-refractivity contribution < 1.29 is 0 Å². The monoisotopic (exact) mass is 222 g/mol. The van der Waals surface area contributed by atoms with Crippen molar-refractivity contribution in [2.75, 3.05) is 19.6 Å². The lowest BCUT2D eigenvalue weighted by Crippen LogP contribution is -2.33. The normalized spacial score (nSPS) is 18.0. The Morgan fingerprint density at radius 2 is 2.38 bits per heavy atom. The number of hydrogen-bond donors (Lipinski definition) is 1. The minimum atomic E-state index is 0.0902. The first kappa shape index (κ1) is 11.6. The Bertz CT molecular complexity index is 330. The first-order valence-corrected chi connectivity index (χ1v) is 6.15. The fraction of sp³-hybridized carbons (Fsp3) is 0.750. The molecule has 4 nitrogen and oxygen atoms in total. The highest BCUT2D eigenvalue weighted by Crippen LogP contribution is 2.30. The van der Waals surface area contributed by atoms with Crippen molar-refractivity contribution in [3.05, 3.63) is 18.0 Å². The number of nitrogens with zero attached hydrogens (tertiary/aromatic N) is 3. The van der Waals surface area contributed by atoms with E-state index in [1.54, 1.807) is 0 Å². The quantitative estimate of drug-likeness (QED) is 0.785. The molecule has 1 heterocycles. The maximum atomic E-state index is 6.19. The van der Waals surface area contributed by atoms with Gasteiger partial charge in [0.05, 0.1) is 6.20 Å². The molecular weight excluding hydrogens is 200 g/mol. The van der Waals surface area contributed by atoms with Gasteiger partial charge in [0.25, 0.3) is 0 Å². The van der Waals surface area contributed by atoms with Crippen LogP contribution in [0.15, 0.2) is 12.4 Å². The van der Waals surface area contributed by atoms with Crippen molar-refractivity contribution in [1.82, 2.24) is 14.7 Å². The summed E-state index contributed by atoms with van der Waals surface area (Å²) < 4.78 is 1.81. The Balaban J connectivity index is 1.86. The Kier molecular flexibility index (Phi) is 3.61. The van der Waals surface area contributed by atoms with Crippen LogP contribution in [0.3, 0.4) is 0 Å². The fourth-order valence-corrected chi connectivity index (χ4v) is 2.01. The Labute approximate surface area is 97.4 Å². The van der Waals surface area contributed by atoms with Gasteiger partial charge in [0.15, 0.2) is 0 Å². The van der Waals surface area contributed by atoms with E-state index in [-0.39, 0.29) is 6.04 Å². The van der Waals surface area contributed by atoms with Crippen molar-refractivity contribution in [1.29, 1.82) is 0 Å². The van der Waals surface area contributed by atoms with Gasteiger partial charge in [0.1, 0.15) is 0 Å². The van der Waals surface area contributed by atoms with E-state index in [4.69, 9.17) is 5.73 Å². The lowest BCUT2D eigenvalue weighted by Gasteiger charge is -2.23. The molecule has 4 heteroatoms. The van der Waals surface area contributed by atoms with Crippen LogP contribution in [-0.2, 0) is 7.05 Å². The largest absolute Gasteiger partial charge is 0.323 e. The standard InChI is InChI=1S/C12H22N4/c1-3-16(7-10-4-5-10)9-12(13)11-6-14-15(2)8-11/h6,8,10,12H,3-5,7,9,13H2,1-2H3. The third-order valence-electron chi connectivity index (χ3n) is 3.27. The summed E-state index contributed by atoms with van der Waals surface area (Å²) in [6, 6.07) is 0.0902. The van der Waals surface area contributed by atoms with E-state index in [2.05, 4.69) is 16.9 Å². The molecule has 1 saturated carbocycles. The Hall–Kier alpha value is -0.870. The molecular formula is C12H22N4. The summed E-state index contributed by atoms with van der Waals surface area (Å²) >= 11 is 0. The average Bonchev–Trinajstić information content (AvgIpc) is 2.97. The Morgan fingerprint density at radius 3 is 2.88 bits per heavy atom. The zero-order chi connectivity index (χ0) is 11.5. The van der Waals surface area contributed by atoms with Crippen molar-refractivity contribution in [2.24, 2.45) is 18.7 Å². The van der Waals surface area contributed by atoms with E-state index in [1.165, 1.54) is 19.4 Å². The summed E-state index contributed by atoms with van der Waals surface area (Å²) in [7, 11) is 1.93. The van der Waals surface area contributed by atoms with Gasteiger partial charge in [-0.25, -0.2) is 0 Å². The van der Waals surface area contributed by atoms with Crippen LogP contribution in [0.5, 0.6) is 0 Å². The predicted molar refractivity (Wildman–Crippen MR) is 65.0 cm³/mol. The van der Waals surface area contributed by atoms with Crippen LogP contribution in [0.4, 0.5) is 0 Å². The molecule has 0 radical (unpaired) electrons. The van der Waals surface area contributed by atoms with E-state index >= 15 is 0 Å². The summed E-state index contributed by atoms with van der Waals surface area (Å²) in [5, 5.41) is 4.16. The molecule has 0 amide bonds. The number of likely N-dealkylation sites (N-methyl/N-ethyl adjacent to an activating group) is 1. The summed E-state index contributed by atoms with van der Waals surface area (Å²) in [4.78, 5) is 2.45. The van der Waals surface area contributed by atoms with Crippen LogP contribution < -0.4 is 5.73 Å². The lowest BCUT2D eigenvalue weighted by atomic mass is 10.1. The smallest absolute Gasteiger partial charge is 0.0537 e. The fourth-order valence-electron chi connectivity index (χ4n) is 2.01. The third-order valence-corrected chi connectivity index (χ3v) is 3.27. The van der Waals surface area contributed by atoms with E-state index < -0.39 is 0 Å². The van der Waals surface area contributed by atoms with E-state index in [0.29, 0.717) is 0 Å². The first-order chi connectivity index (χ1) is 7.69. The van der Waals surface area contributed by atoms with Gasteiger partial charge in [0.2, 0.25) is 0 Å². The second-order valence-corrected chi connectivity index (χ2v) is 4.85. The average molecular weight is 222 g/mol. The van der Waals surface area contributed by atoms with Gasteiger partial charge in [-0.2, -0.15) is 5.10 Å². The van der Waals surface area contributed by atoms with Gasteiger partial charge in [-0.15, -0.1) is 0 Å². The molecule has 1 unspecified atom stereocenters. The van der Waals surface area contributed by atoms with Crippen molar-refractivity contribution >= 4 is 0 Å². The van der Waals surface area contributed by atoms with Crippen LogP contribution in [0, 0.1) is 5.92 Å². The second-order valence-electron chi connectivity index (χ2n) is 4.85. The summed E-state index contributed by atoms with van der Waals surface area (Å²) in [6.07, 6.45) is 6.68. The molecule has 1 fully saturated rings. The minimum Gasteiger partial charge on any atom is -0.323 e. The third kappa shape index (κ3) is 3.06. The molecule has 1 atom stereocenters. The number of hydrogen-bond acceptors (Lipinski definition) is 3. The topological polar surface area (TPSA) is 47.1 Å². The molecule has 1 aromatic rings. The van der Waals surface area contributed by atoms with E-state index in [9.17, 15) is 0 Å². The lowest BCUT2D eigenvalue weighted by molar-refractivity contribution is 0.260. The van der Waals surface area contributed by atoms with Crippen molar-refractivity contribution in [3.63, 3.8) is 0 Å². The molecule has 1 aromatic heterocycles. The molecule has 2 N–H and O–H groups in total. The summed E-state index contributed by atoms with van der Waals surface area (Å²) in [6.45, 7) is 5.45. The van der Waals surface area contributed by atoms with Gasteiger partial charge < -0.3 is 10.6 Å². The van der Waals surface area contributed by atoms with Gasteiger partial charge in [-0.3, -0.25) is 4.68 Å². The molecule has 0 saturated heterocycles. The van der Waals surface area contributed by atoms with Gasteiger partial charge >= 0.3 is 0 Å². The number of rotatable bonds is 6. The van der Waals surface area contributed by atoms with E-state index in [0.717, 1.165) is 24.6 Å². The van der Waals surface area contributed by atoms with Gasteiger partial charge in [-0.1, -0.05) is 6.92 Å². The zero-order valence-corrected chi connectivity index (χ0v) is 10.3. The van der Waals surface area contributed by atoms with Gasteiger partial charge in [0, 0.05) is 37.9 Å². The SMILES string of the molecule is CCN(CC1CC1)CC(N)c1cnn(C)c1. The number of aromatic nitrogens is 2. The summed E-state index contributed by atoms with van der Waals surface area (Å²) in [5.41, 5.74) is 7.32. The first-order valence-electron chi connectivity index (χ1n) is 6.15. The van der Waals surface area contributed by atoms with Crippen molar-refractivity contribution in [3.8, 4) is 0 Å². The van der Waals surface area contributed by atoms with Crippen LogP contribution >= 0.6 is 0 Å². The number of aryl methyl sites for hydroxylation is 1. The highest BCUT2D eigenvalue weighted by molar-refractivity contribution is 5.10. The molecule has 90 valence electrons. The molecule has 2 rings (SSSR count). The Morgan fingerprint density at radius 1 is 1.62 bits per heavy atom. The zero-order valence-electron chi connectivity index (χ0n) is 10.3. The van der Waals surface area contributed by atoms with Crippen LogP contribution in [0.25, 0.3) is 0 Å². The highest BCUT2D eigenvalue weighted by atomic mass is 15.2. The molecule has 0 bridgehead atoms. The molecule has 1 aliphatic carbocycles. The molecule has 16 heavy (non-hydrogen) atoms. The molecule has 0 aliphatic heterocycles. The second kappa shape index (κ2) is 4.97. The molecule has 0 spiro atoms. The van der Waals surface area contributed by atoms with Crippen molar-refractivity contribution in [2.45, 2.75) is 25.8 Å². The maximum absolute atomic E-state index is 6.19. The van der Waals surface area contributed by atoms with Gasteiger partial charge in [-0.05, 0) is 25.3 Å². The molecule has 0 aromatic carbocycles. The highest BCUT2D eigenvalue weighted by Gasteiger charge is 2.24. The maximum Gasteiger partial charge on any atom is 0.0537 e.